The number of hydrogen-bond acceptors (Lipinski definition) is 6. The lowest BCUT2D eigenvalue weighted by atomic mass is 9.86. The molecule has 0 bridgehead atoms. The first-order valence-corrected chi connectivity index (χ1v) is 7.25. The summed E-state index contributed by atoms with van der Waals surface area (Å²) in [5, 5.41) is 2.09. The first kappa shape index (κ1) is 11.7. The molecule has 0 atom stereocenters. The third-order valence-corrected chi connectivity index (χ3v) is 5.23. The summed E-state index contributed by atoms with van der Waals surface area (Å²) in [5.74, 6) is 0. The van der Waals surface area contributed by atoms with Crippen LogP contribution in [0.4, 0.5) is 11.4 Å². The van der Waals surface area contributed by atoms with Crippen molar-refractivity contribution in [3.05, 3.63) is 5.38 Å². The highest BCUT2D eigenvalue weighted by Crippen LogP contribution is 2.40. The molecule has 2 aliphatic rings. The van der Waals surface area contributed by atoms with E-state index in [0.29, 0.717) is 0 Å². The van der Waals surface area contributed by atoms with Gasteiger partial charge in [0.05, 0.1) is 39.5 Å². The van der Waals surface area contributed by atoms with Crippen LogP contribution in [-0.4, -0.2) is 18.3 Å². The molecule has 17 heavy (non-hydrogen) atoms. The largest absolute Gasteiger partial charge is 0.507 e. The van der Waals surface area contributed by atoms with Crippen molar-refractivity contribution in [1.82, 2.24) is 0 Å². The van der Waals surface area contributed by atoms with Crippen molar-refractivity contribution in [2.75, 3.05) is 9.44 Å². The Hall–Kier alpha value is -0.365. The predicted octanol–water partition coefficient (Wildman–Crippen LogP) is 2.45. The van der Waals surface area contributed by atoms with Gasteiger partial charge in [0.2, 0.25) is 0 Å². The van der Waals surface area contributed by atoms with E-state index in [4.69, 9.17) is 9.31 Å². The molecule has 4 nitrogen and oxygen atoms in total. The third-order valence-electron chi connectivity index (χ3n) is 3.60. The van der Waals surface area contributed by atoms with Crippen molar-refractivity contribution in [1.29, 1.82) is 0 Å². The Morgan fingerprint density at radius 1 is 1.12 bits per heavy atom. The zero-order chi connectivity index (χ0) is 12.3. The van der Waals surface area contributed by atoms with Crippen LogP contribution in [0.2, 0.25) is 0 Å². The smallest absolute Gasteiger partial charge is 0.399 e. The van der Waals surface area contributed by atoms with Crippen molar-refractivity contribution < 1.29 is 9.31 Å². The summed E-state index contributed by atoms with van der Waals surface area (Å²) >= 11 is 3.14. The molecule has 1 aromatic heterocycles. The fourth-order valence-electron chi connectivity index (χ4n) is 1.81. The van der Waals surface area contributed by atoms with Gasteiger partial charge in [-0.1, -0.05) is 0 Å². The van der Waals surface area contributed by atoms with Crippen molar-refractivity contribution in [3.8, 4) is 0 Å². The van der Waals surface area contributed by atoms with Gasteiger partial charge in [-0.2, -0.15) is 0 Å². The molecule has 0 amide bonds. The van der Waals surface area contributed by atoms with Crippen molar-refractivity contribution in [2.24, 2.45) is 0 Å². The topological polar surface area (TPSA) is 42.5 Å². The molecule has 0 aromatic carbocycles. The van der Waals surface area contributed by atoms with Gasteiger partial charge in [-0.25, -0.2) is 0 Å². The van der Waals surface area contributed by atoms with Crippen LogP contribution in [0.25, 0.3) is 0 Å². The lowest BCUT2D eigenvalue weighted by molar-refractivity contribution is 0.00578. The van der Waals surface area contributed by atoms with E-state index in [-0.39, 0.29) is 18.3 Å². The number of fused-ring (bicyclic) bond motifs is 1. The maximum absolute atomic E-state index is 6.04. The van der Waals surface area contributed by atoms with Gasteiger partial charge in [0, 0.05) is 5.38 Å². The molecule has 7 heteroatoms. The van der Waals surface area contributed by atoms with Crippen molar-refractivity contribution in [2.45, 2.75) is 38.9 Å². The summed E-state index contributed by atoms with van der Waals surface area (Å²) in [4.78, 5) is 0. The Kier molecular flexibility index (Phi) is 2.46. The zero-order valence-corrected chi connectivity index (χ0v) is 11.9. The highest BCUT2D eigenvalue weighted by atomic mass is 32.2. The molecule has 1 saturated heterocycles. The fourth-order valence-corrected chi connectivity index (χ4v) is 3.50. The number of thiophene rings is 1. The van der Waals surface area contributed by atoms with Gasteiger partial charge >= 0.3 is 7.12 Å². The molecule has 0 saturated carbocycles. The Labute approximate surface area is 110 Å². The lowest BCUT2D eigenvalue weighted by Crippen LogP contribution is -2.41. The minimum absolute atomic E-state index is 0.276. The van der Waals surface area contributed by atoms with E-state index < -0.39 is 0 Å². The number of nitrogens with one attached hydrogen (secondary N) is 2. The van der Waals surface area contributed by atoms with Crippen LogP contribution >= 0.6 is 23.5 Å². The van der Waals surface area contributed by atoms with Gasteiger partial charge in [0.1, 0.15) is 0 Å². The van der Waals surface area contributed by atoms with E-state index in [0.717, 1.165) is 16.2 Å². The summed E-state index contributed by atoms with van der Waals surface area (Å²) in [6.07, 6.45) is 0. The SMILES string of the molecule is CC1(C)OB(c2scc3c2NSN3)OC1(C)C. The monoisotopic (exact) mass is 270 g/mol. The molecule has 2 N–H and O–H groups in total. The van der Waals surface area contributed by atoms with Crippen LogP contribution < -0.4 is 14.2 Å². The van der Waals surface area contributed by atoms with Gasteiger partial charge in [-0.05, 0) is 27.7 Å². The molecule has 1 fully saturated rings. The van der Waals surface area contributed by atoms with Gasteiger partial charge in [-0.3, -0.25) is 0 Å². The molecule has 3 rings (SSSR count). The van der Waals surface area contributed by atoms with E-state index >= 15 is 0 Å². The maximum atomic E-state index is 6.04. The van der Waals surface area contributed by atoms with Crippen LogP contribution in [-0.2, 0) is 9.31 Å². The van der Waals surface area contributed by atoms with E-state index in [1.807, 2.05) is 0 Å². The molecule has 2 aliphatic heterocycles. The lowest BCUT2D eigenvalue weighted by Gasteiger charge is -2.32. The van der Waals surface area contributed by atoms with Crippen LogP contribution in [0, 0.1) is 0 Å². The van der Waals surface area contributed by atoms with Crippen LogP contribution in [0.3, 0.4) is 0 Å². The van der Waals surface area contributed by atoms with Crippen LogP contribution in [0.1, 0.15) is 27.7 Å². The Morgan fingerprint density at radius 3 is 2.41 bits per heavy atom. The quantitative estimate of drug-likeness (QED) is 0.606. The second kappa shape index (κ2) is 3.57. The molecule has 92 valence electrons. The molecule has 0 unspecified atom stereocenters. The Morgan fingerprint density at radius 2 is 1.76 bits per heavy atom. The summed E-state index contributed by atoms with van der Waals surface area (Å²) < 4.78 is 19.6. The average Bonchev–Trinajstić information content (AvgIpc) is 2.78. The predicted molar refractivity (Wildman–Crippen MR) is 74.9 cm³/mol. The molecule has 0 spiro atoms. The zero-order valence-electron chi connectivity index (χ0n) is 10.3. The summed E-state index contributed by atoms with van der Waals surface area (Å²) in [6.45, 7) is 8.28. The van der Waals surface area contributed by atoms with E-state index in [1.165, 1.54) is 12.1 Å². The standard InChI is InChI=1S/C10H15BN2O2S2/c1-9(2)10(3,4)15-11(14-9)8-7-6(5-16-8)12-17-13-7/h5,12-13H,1-4H3. The second-order valence-electron chi connectivity index (χ2n) is 5.28. The molecule has 3 heterocycles. The first-order valence-electron chi connectivity index (χ1n) is 5.56. The van der Waals surface area contributed by atoms with Crippen molar-refractivity contribution >= 4 is 46.7 Å². The normalized spacial score (nSPS) is 24.4. The minimum Gasteiger partial charge on any atom is -0.399 e. The molecular formula is C10H15BN2O2S2. The Bertz CT molecular complexity index is 445. The molecular weight excluding hydrogens is 255 g/mol. The minimum atomic E-state index is -0.284. The fraction of sp³-hybridized carbons (Fsp3) is 0.600. The van der Waals surface area contributed by atoms with Crippen LogP contribution in [0.5, 0.6) is 0 Å². The van der Waals surface area contributed by atoms with E-state index in [1.54, 1.807) is 11.3 Å². The van der Waals surface area contributed by atoms with Crippen LogP contribution in [0.15, 0.2) is 5.38 Å². The highest BCUT2D eigenvalue weighted by molar-refractivity contribution is 8.02. The Balaban J connectivity index is 1.92. The second-order valence-corrected chi connectivity index (χ2v) is 6.81. The number of rotatable bonds is 1. The van der Waals surface area contributed by atoms with Gasteiger partial charge < -0.3 is 18.8 Å². The maximum Gasteiger partial charge on any atom is 0.507 e. The molecule has 0 radical (unpaired) electrons. The third kappa shape index (κ3) is 1.68. The van der Waals surface area contributed by atoms with Gasteiger partial charge in [0.25, 0.3) is 0 Å². The highest BCUT2D eigenvalue weighted by Gasteiger charge is 2.53. The summed E-state index contributed by atoms with van der Waals surface area (Å²) in [7, 11) is -0.276. The number of hydrogen-bond donors (Lipinski definition) is 2. The molecule has 1 aromatic rings. The van der Waals surface area contributed by atoms with E-state index in [2.05, 4.69) is 42.5 Å². The van der Waals surface area contributed by atoms with Gasteiger partial charge in [0.15, 0.2) is 0 Å². The first-order chi connectivity index (χ1) is 7.91. The average molecular weight is 270 g/mol. The van der Waals surface area contributed by atoms with E-state index in [9.17, 15) is 0 Å². The molecule has 0 aliphatic carbocycles. The summed E-state index contributed by atoms with van der Waals surface area (Å²) in [5.41, 5.74) is 1.64. The number of anilines is 2. The summed E-state index contributed by atoms with van der Waals surface area (Å²) in [6, 6.07) is 0. The van der Waals surface area contributed by atoms with Crippen molar-refractivity contribution in [3.63, 3.8) is 0 Å². The van der Waals surface area contributed by atoms with Gasteiger partial charge in [-0.15, -0.1) is 11.3 Å².